The van der Waals surface area contributed by atoms with Crippen molar-refractivity contribution in [1.29, 1.82) is 0 Å². The molecule has 460 valence electrons. The standard InChI is InChI=1S/C45H75N5O17.3C2H6S2/c1-30(41(58)59)18-16-17-29-46-35(51)25-21-31(42(60)61)48-37(53)27-23-33(44(64)65)50-39(55)28-24-34(45(66)67)49-38(54)26-22-32(43(62)63)47-36(52)19-14-12-10-8-6-4-2-3-5-7-9-11-13-15-20-40(56)57;3*1-3-4-2/h30-34H,2-29H2,1H3,(H,46,51)(H,47,52)(H,48,53)(H,49,54)(H,50,55)(H,56,57)(H,58,59)(H,60,61)(H,62,63)(H,64,65)(H,66,67);3*1-2H3/t30-,31-,32-,33-,34-;;;/m0.../s1. The quantitative estimate of drug-likeness (QED) is 0.0201. The SMILES string of the molecule is CSSC.CSSC.CSSC.C[C@@H](CCCCNC(=O)CC[C@H](NC(=O)CC[C@H](NC(=O)CC[C@H](NC(=O)CC[C@H](NC(=O)CCCCCCCCCCCCCCCCC(=O)O)C(=O)O)C(=O)O)C(=O)O)C(=O)O)C(=O)O. The number of rotatable bonds is 46. The van der Waals surface area contributed by atoms with E-state index in [1.54, 1.807) is 71.7 Å². The summed E-state index contributed by atoms with van der Waals surface area (Å²) < 4.78 is 0. The van der Waals surface area contributed by atoms with Crippen LogP contribution in [0.5, 0.6) is 0 Å². The number of carbonyl (C=O) groups excluding carboxylic acids is 5. The van der Waals surface area contributed by atoms with Crippen LogP contribution in [0.15, 0.2) is 0 Å². The third-order valence-corrected chi connectivity index (χ3v) is 15.5. The molecule has 0 unspecified atom stereocenters. The highest BCUT2D eigenvalue weighted by atomic mass is 33.1. The zero-order valence-corrected chi connectivity index (χ0v) is 52.2. The third-order valence-electron chi connectivity index (χ3n) is 11.5. The number of unbranched alkanes of at least 4 members (excludes halogenated alkanes) is 14. The molecule has 0 heterocycles. The zero-order valence-electron chi connectivity index (χ0n) is 47.3. The van der Waals surface area contributed by atoms with Gasteiger partial charge in [0.05, 0.1) is 5.92 Å². The summed E-state index contributed by atoms with van der Waals surface area (Å²) in [4.78, 5) is 131. The van der Waals surface area contributed by atoms with Gasteiger partial charge in [0.2, 0.25) is 29.5 Å². The Hall–Kier alpha value is -3.73. The first-order chi connectivity index (χ1) is 37.5. The van der Waals surface area contributed by atoms with E-state index in [9.17, 15) is 73.2 Å². The molecule has 0 aromatic carbocycles. The molecule has 0 saturated carbocycles. The predicted molar refractivity (Wildman–Crippen MR) is 321 cm³/mol. The molecule has 0 aromatic heterocycles. The Morgan fingerprint density at radius 3 is 0.810 bits per heavy atom. The largest absolute Gasteiger partial charge is 0.481 e. The fourth-order valence-electron chi connectivity index (χ4n) is 6.90. The molecule has 0 saturated heterocycles. The number of hydrogen-bond acceptors (Lipinski definition) is 17. The first-order valence-corrected chi connectivity index (χ1v) is 35.4. The molecule has 79 heavy (non-hydrogen) atoms. The summed E-state index contributed by atoms with van der Waals surface area (Å²) >= 11 is 0. The molecule has 0 fully saturated rings. The van der Waals surface area contributed by atoms with E-state index in [4.69, 9.17) is 10.2 Å². The van der Waals surface area contributed by atoms with Crippen LogP contribution in [0.25, 0.3) is 0 Å². The van der Waals surface area contributed by atoms with Crippen LogP contribution in [0.2, 0.25) is 0 Å². The van der Waals surface area contributed by atoms with Crippen LogP contribution in [-0.2, 0) is 52.7 Å². The Kier molecular flexibility index (Phi) is 59.5. The van der Waals surface area contributed by atoms with Gasteiger partial charge in [-0.3, -0.25) is 33.6 Å². The van der Waals surface area contributed by atoms with E-state index in [-0.39, 0.29) is 38.6 Å². The number of carboxylic acids is 6. The fraction of sp³-hybridized carbons (Fsp3) is 0.784. The Bertz CT molecular complexity index is 1710. The van der Waals surface area contributed by atoms with Gasteiger partial charge in [0.1, 0.15) is 24.2 Å². The molecule has 0 aromatic rings. The second kappa shape index (κ2) is 57.5. The molecular formula is C51H93N5O17S6. The molecule has 0 bridgehead atoms. The predicted octanol–water partition coefficient (Wildman–Crippen LogP) is 8.60. The van der Waals surface area contributed by atoms with E-state index in [2.05, 4.69) is 64.1 Å². The average Bonchev–Trinajstić information content (AvgIpc) is 3.40. The zero-order chi connectivity index (χ0) is 60.8. The first kappa shape index (κ1) is 81.7. The van der Waals surface area contributed by atoms with E-state index in [1.165, 1.54) is 12.8 Å². The maximum atomic E-state index is 12.6. The van der Waals surface area contributed by atoms with Crippen molar-refractivity contribution in [3.05, 3.63) is 0 Å². The van der Waals surface area contributed by atoms with Crippen LogP contribution >= 0.6 is 64.8 Å². The molecule has 5 atom stereocenters. The van der Waals surface area contributed by atoms with E-state index in [0.717, 1.165) is 70.6 Å². The van der Waals surface area contributed by atoms with Crippen molar-refractivity contribution < 1.29 is 83.4 Å². The topological polar surface area (TPSA) is 369 Å². The smallest absolute Gasteiger partial charge is 0.326 e. The summed E-state index contributed by atoms with van der Waals surface area (Å²) in [5, 5.41) is 67.4. The minimum absolute atomic E-state index is 0.0973. The highest BCUT2D eigenvalue weighted by molar-refractivity contribution is 8.76. The van der Waals surface area contributed by atoms with Crippen molar-refractivity contribution in [2.24, 2.45) is 5.92 Å². The van der Waals surface area contributed by atoms with Crippen LogP contribution < -0.4 is 26.6 Å². The summed E-state index contributed by atoms with van der Waals surface area (Å²) in [6, 6.07) is -6.15. The Morgan fingerprint density at radius 2 is 0.557 bits per heavy atom. The van der Waals surface area contributed by atoms with Gasteiger partial charge in [-0.15, -0.1) is 0 Å². The van der Waals surface area contributed by atoms with Gasteiger partial charge in [0, 0.05) is 45.1 Å². The third kappa shape index (κ3) is 57.3. The van der Waals surface area contributed by atoms with E-state index >= 15 is 0 Å². The molecule has 0 spiro atoms. The van der Waals surface area contributed by atoms with E-state index in [0.29, 0.717) is 25.7 Å². The molecule has 28 heteroatoms. The summed E-state index contributed by atoms with van der Waals surface area (Å²) in [7, 11) is 10.6. The lowest BCUT2D eigenvalue weighted by molar-refractivity contribution is -0.144. The summed E-state index contributed by atoms with van der Waals surface area (Å²) in [6.07, 6.45) is 24.8. The summed E-state index contributed by atoms with van der Waals surface area (Å²) in [5.41, 5.74) is 0. The lowest BCUT2D eigenvalue weighted by Gasteiger charge is -2.18. The second-order valence-electron chi connectivity index (χ2n) is 17.9. The van der Waals surface area contributed by atoms with Crippen molar-refractivity contribution in [2.45, 2.75) is 204 Å². The number of carboxylic acid groups (broad SMARTS) is 6. The molecule has 0 aliphatic carbocycles. The molecule has 0 aliphatic heterocycles. The minimum atomic E-state index is -1.63. The Morgan fingerprint density at radius 1 is 0.304 bits per heavy atom. The van der Waals surface area contributed by atoms with Crippen molar-refractivity contribution in [3.8, 4) is 0 Å². The average molecular weight is 1240 g/mol. The highest BCUT2D eigenvalue weighted by Gasteiger charge is 2.27. The lowest BCUT2D eigenvalue weighted by Crippen LogP contribution is -2.45. The fourth-order valence-corrected chi connectivity index (χ4v) is 6.90. The molecule has 22 nitrogen and oxygen atoms in total. The van der Waals surface area contributed by atoms with Crippen molar-refractivity contribution in [3.63, 3.8) is 0 Å². The van der Waals surface area contributed by atoms with E-state index < -0.39 is 128 Å². The van der Waals surface area contributed by atoms with Crippen LogP contribution in [0, 0.1) is 5.92 Å². The van der Waals surface area contributed by atoms with Crippen molar-refractivity contribution in [1.82, 2.24) is 26.6 Å². The molecule has 0 radical (unpaired) electrons. The molecule has 11 N–H and O–H groups in total. The van der Waals surface area contributed by atoms with Gasteiger partial charge in [-0.2, -0.15) is 0 Å². The minimum Gasteiger partial charge on any atom is -0.481 e. The second-order valence-corrected chi connectivity index (χ2v) is 25.9. The van der Waals surface area contributed by atoms with Crippen LogP contribution in [0.1, 0.15) is 180 Å². The van der Waals surface area contributed by atoms with E-state index in [1.807, 2.05) is 0 Å². The Labute approximate surface area is 491 Å². The highest BCUT2D eigenvalue weighted by Crippen LogP contribution is 2.15. The number of aliphatic carboxylic acids is 6. The van der Waals surface area contributed by atoms with Gasteiger partial charge in [-0.05, 0) is 88.9 Å². The van der Waals surface area contributed by atoms with Crippen LogP contribution in [-0.4, -0.2) is 164 Å². The van der Waals surface area contributed by atoms with Gasteiger partial charge >= 0.3 is 35.8 Å². The summed E-state index contributed by atoms with van der Waals surface area (Å²) in [5.74, 6) is -11.8. The van der Waals surface area contributed by atoms with Gasteiger partial charge in [-0.25, -0.2) is 19.2 Å². The molecule has 0 rings (SSSR count). The van der Waals surface area contributed by atoms with Crippen molar-refractivity contribution in [2.75, 3.05) is 44.1 Å². The normalized spacial score (nSPS) is 12.3. The Balaban J connectivity index is -0.00000211. The number of hydrogen-bond donors (Lipinski definition) is 11. The number of nitrogens with one attached hydrogen (secondary N) is 5. The number of carbonyl (C=O) groups is 11. The monoisotopic (exact) mass is 1240 g/mol. The van der Waals surface area contributed by atoms with Crippen LogP contribution in [0.3, 0.4) is 0 Å². The lowest BCUT2D eigenvalue weighted by atomic mass is 10.0. The number of amides is 5. The van der Waals surface area contributed by atoms with Crippen LogP contribution in [0.4, 0.5) is 0 Å². The molecule has 5 amide bonds. The molecular weight excluding hydrogens is 1150 g/mol. The van der Waals surface area contributed by atoms with Gasteiger partial charge < -0.3 is 57.2 Å². The first-order valence-electron chi connectivity index (χ1n) is 26.5. The maximum Gasteiger partial charge on any atom is 0.326 e. The maximum absolute atomic E-state index is 12.6. The van der Waals surface area contributed by atoms with Crippen molar-refractivity contribution >= 4 is 130 Å². The van der Waals surface area contributed by atoms with Gasteiger partial charge in [-0.1, -0.05) is 155 Å². The molecule has 0 aliphatic rings. The van der Waals surface area contributed by atoms with Gasteiger partial charge in [0.15, 0.2) is 0 Å². The summed E-state index contributed by atoms with van der Waals surface area (Å²) in [6.45, 7) is 1.81. The van der Waals surface area contributed by atoms with Gasteiger partial charge in [0.25, 0.3) is 0 Å².